The van der Waals surface area contributed by atoms with Crippen molar-refractivity contribution in [2.24, 2.45) is 29.1 Å². The molecule has 1 aliphatic rings. The van der Waals surface area contributed by atoms with Crippen molar-refractivity contribution in [3.63, 3.8) is 0 Å². The zero-order valence-corrected chi connectivity index (χ0v) is 43.4. The van der Waals surface area contributed by atoms with E-state index in [1.807, 2.05) is 0 Å². The number of ketones is 1. The lowest BCUT2D eigenvalue weighted by atomic mass is 9.87. The fourth-order valence-corrected chi connectivity index (χ4v) is 10.7. The summed E-state index contributed by atoms with van der Waals surface area (Å²) in [6, 6.07) is 0. The summed E-state index contributed by atoms with van der Waals surface area (Å²) in [5.74, 6) is -0.387. The van der Waals surface area contributed by atoms with E-state index in [9.17, 15) is 62.7 Å². The van der Waals surface area contributed by atoms with Gasteiger partial charge in [-0.15, -0.1) is 0 Å². The van der Waals surface area contributed by atoms with Crippen LogP contribution in [0.15, 0.2) is 12.7 Å². The van der Waals surface area contributed by atoms with Crippen molar-refractivity contribution in [1.82, 2.24) is 30.2 Å². The zero-order chi connectivity index (χ0) is 51.9. The molecule has 2 aromatic rings. The number of nitrogens with two attached hydrogens (primary N) is 1. The number of nitrogen functional groups attached to an aromatic ring is 1. The first-order valence-corrected chi connectivity index (χ1v) is 28.1. The highest BCUT2D eigenvalue weighted by molar-refractivity contribution is 8.13. The summed E-state index contributed by atoms with van der Waals surface area (Å²) in [7, 11) is -16.5. The minimum absolute atomic E-state index is 0.0254. The Bertz CT molecular complexity index is 2160. The fourth-order valence-electron chi connectivity index (χ4n) is 7.12. The minimum atomic E-state index is -5.59. The molecule has 0 spiro atoms. The van der Waals surface area contributed by atoms with Gasteiger partial charge in [-0.2, -0.15) is 4.31 Å². The predicted molar refractivity (Wildman–Crippen MR) is 251 cm³/mol. The van der Waals surface area contributed by atoms with E-state index in [2.05, 4.69) is 62.1 Å². The van der Waals surface area contributed by atoms with Gasteiger partial charge in [0.15, 0.2) is 22.8 Å². The largest absolute Gasteiger partial charge is 0.481 e. The molecule has 6 unspecified atom stereocenters. The lowest BCUT2D eigenvalue weighted by Crippen LogP contribution is -2.46. The number of nitrogens with zero attached hydrogens (tertiary/aromatic N) is 4. The Morgan fingerprint density at radius 1 is 0.884 bits per heavy atom. The Labute approximate surface area is 405 Å². The van der Waals surface area contributed by atoms with Gasteiger partial charge in [0, 0.05) is 37.1 Å². The standard InChI is InChI=1S/C40H70N7O18P3S/c1-24(2)10-8-11-25(3)12-9-13-26(4)14-15-28(48)27(5)39(53)69-19-18-42-30(49)16-17-43-37(52)34(51)40(6,7)21-62-68(59,60)65-67(57,58)61-20-29-33(64-66(54,55)56)32(50)38(63-29)47-23-46-31-35(41)44-22-45-36(31)47/h22-27,29,32-34,38,50-51H,8-21H2,1-7H3,(H,42,49)(H,43,52)(H,57,58)(H,59,60)(H2,41,44,45)(H2,54,55,56)/t25?,26?,27?,29-,32-,33-,34?,38-/m1/s1. The molecule has 3 heterocycles. The molecule has 69 heavy (non-hydrogen) atoms. The molecule has 2 amide bonds. The number of ether oxygens (including phenoxy) is 1. The average molecular weight is 1060 g/mol. The van der Waals surface area contributed by atoms with Crippen LogP contribution in [0.4, 0.5) is 5.82 Å². The molecule has 1 aliphatic heterocycles. The van der Waals surface area contributed by atoms with Crippen LogP contribution >= 0.6 is 35.2 Å². The van der Waals surface area contributed by atoms with Crippen LogP contribution in [0.25, 0.3) is 11.2 Å². The van der Waals surface area contributed by atoms with E-state index in [0.717, 1.165) is 54.2 Å². The maximum Gasteiger partial charge on any atom is 0.481 e. The molecule has 1 fully saturated rings. The highest BCUT2D eigenvalue weighted by atomic mass is 32.2. The van der Waals surface area contributed by atoms with Gasteiger partial charge in [-0.1, -0.05) is 91.8 Å². The number of phosphoric acid groups is 3. The average Bonchev–Trinajstić information content (AvgIpc) is 3.81. The SMILES string of the molecule is CC(C)CCCC(C)CCCC(C)CCC(=O)C(C)C(=O)SCCNC(=O)CCNC(=O)C(O)C(C)(C)COP(=O)(O)OP(=O)(O)OC[C@H]1O[C@@H](n2cnc3c(N)ncnc32)[C@H](O)[C@@H]1OP(=O)(O)O. The molecular formula is C40H70N7O18P3S. The van der Waals surface area contributed by atoms with Gasteiger partial charge in [-0.3, -0.25) is 37.3 Å². The monoisotopic (exact) mass is 1060 g/mol. The van der Waals surface area contributed by atoms with Gasteiger partial charge in [0.2, 0.25) is 11.8 Å². The molecule has 10 atom stereocenters. The van der Waals surface area contributed by atoms with Crippen molar-refractivity contribution in [1.29, 1.82) is 0 Å². The van der Waals surface area contributed by atoms with Gasteiger partial charge in [0.1, 0.15) is 42.0 Å². The number of aromatic nitrogens is 4. The van der Waals surface area contributed by atoms with Gasteiger partial charge in [0.05, 0.1) is 25.5 Å². The van der Waals surface area contributed by atoms with Crippen LogP contribution in [0.5, 0.6) is 0 Å². The number of hydrogen-bond donors (Lipinski definition) is 9. The number of amides is 2. The van der Waals surface area contributed by atoms with Crippen LogP contribution in [0, 0.1) is 29.1 Å². The number of fused-ring (bicyclic) bond motifs is 1. The number of Topliss-reactive ketones (excluding diaryl/α,β-unsaturated/α-hetero) is 1. The number of hydrogen-bond acceptors (Lipinski definition) is 19. The lowest BCUT2D eigenvalue weighted by Gasteiger charge is -2.30. The molecule has 0 radical (unpaired) electrons. The number of carbonyl (C=O) groups excluding carboxylic acids is 4. The van der Waals surface area contributed by atoms with Crippen molar-refractivity contribution in [3.8, 4) is 0 Å². The second-order valence-corrected chi connectivity index (χ2v) is 23.8. The van der Waals surface area contributed by atoms with E-state index >= 15 is 0 Å². The molecule has 1 saturated heterocycles. The smallest absolute Gasteiger partial charge is 0.386 e. The first kappa shape index (κ1) is 60.5. The van der Waals surface area contributed by atoms with Crippen molar-refractivity contribution in [3.05, 3.63) is 12.7 Å². The molecule has 25 nitrogen and oxygen atoms in total. The van der Waals surface area contributed by atoms with Crippen molar-refractivity contribution < 1.29 is 85.3 Å². The van der Waals surface area contributed by atoms with E-state index in [4.69, 9.17) is 19.5 Å². The molecule has 394 valence electrons. The number of rotatable bonds is 32. The van der Waals surface area contributed by atoms with Crippen molar-refractivity contribution >= 4 is 74.9 Å². The molecular weight excluding hydrogens is 991 g/mol. The Morgan fingerprint density at radius 3 is 2.14 bits per heavy atom. The second kappa shape index (κ2) is 27.3. The number of anilines is 1. The topological polar surface area (TPSA) is 381 Å². The molecule has 0 aliphatic carbocycles. The van der Waals surface area contributed by atoms with E-state index in [-0.39, 0.29) is 53.1 Å². The van der Waals surface area contributed by atoms with Crippen LogP contribution in [0.3, 0.4) is 0 Å². The number of phosphoric ester groups is 3. The quantitative estimate of drug-likeness (QED) is 0.0285. The molecule has 10 N–H and O–H groups in total. The second-order valence-electron chi connectivity index (χ2n) is 18.4. The van der Waals surface area contributed by atoms with Crippen LogP contribution < -0.4 is 16.4 Å². The lowest BCUT2D eigenvalue weighted by molar-refractivity contribution is -0.137. The van der Waals surface area contributed by atoms with Gasteiger partial charge in [-0.25, -0.2) is 28.6 Å². The Morgan fingerprint density at radius 2 is 1.51 bits per heavy atom. The summed E-state index contributed by atoms with van der Waals surface area (Å²) in [5.41, 5.74) is 4.24. The van der Waals surface area contributed by atoms with Crippen LogP contribution in [-0.4, -0.2) is 128 Å². The highest BCUT2D eigenvalue weighted by Gasteiger charge is 2.50. The normalized spacial score (nSPS) is 21.3. The number of carbonyl (C=O) groups is 4. The number of imidazole rings is 1. The van der Waals surface area contributed by atoms with E-state index in [0.29, 0.717) is 18.3 Å². The zero-order valence-electron chi connectivity index (χ0n) is 39.9. The van der Waals surface area contributed by atoms with E-state index in [1.165, 1.54) is 39.5 Å². The first-order chi connectivity index (χ1) is 32.0. The highest BCUT2D eigenvalue weighted by Crippen LogP contribution is 2.61. The predicted octanol–water partition coefficient (Wildman–Crippen LogP) is 3.92. The fraction of sp³-hybridized carbons (Fsp3) is 0.775. The maximum absolute atomic E-state index is 12.8. The minimum Gasteiger partial charge on any atom is -0.386 e. The third kappa shape index (κ3) is 20.7. The van der Waals surface area contributed by atoms with Crippen LogP contribution in [0.1, 0.15) is 112 Å². The van der Waals surface area contributed by atoms with Crippen molar-refractivity contribution in [2.45, 2.75) is 137 Å². The van der Waals surface area contributed by atoms with Crippen LogP contribution in [0.2, 0.25) is 0 Å². The summed E-state index contributed by atoms with van der Waals surface area (Å²) in [6.07, 6.45) is 1.10. The van der Waals surface area contributed by atoms with Gasteiger partial charge in [0.25, 0.3) is 0 Å². The number of aliphatic hydroxyl groups is 2. The molecule has 2 aromatic heterocycles. The third-order valence-corrected chi connectivity index (χ3v) is 15.5. The summed E-state index contributed by atoms with van der Waals surface area (Å²) >= 11 is 0.945. The molecule has 3 rings (SSSR count). The summed E-state index contributed by atoms with van der Waals surface area (Å²) in [6.45, 7) is 10.8. The van der Waals surface area contributed by atoms with Gasteiger partial charge >= 0.3 is 23.5 Å². The molecule has 29 heteroatoms. The number of thioether (sulfide) groups is 1. The van der Waals surface area contributed by atoms with Gasteiger partial charge in [-0.05, 0) is 31.1 Å². The molecule has 0 aromatic carbocycles. The van der Waals surface area contributed by atoms with E-state index in [1.54, 1.807) is 6.92 Å². The first-order valence-electron chi connectivity index (χ1n) is 22.6. The number of nitrogens with one attached hydrogen (secondary N) is 2. The third-order valence-electron chi connectivity index (χ3n) is 11.3. The maximum atomic E-state index is 12.8. The summed E-state index contributed by atoms with van der Waals surface area (Å²) < 4.78 is 62.5. The van der Waals surface area contributed by atoms with E-state index < -0.39 is 90.5 Å². The Hall–Kier alpha value is -2.77. The summed E-state index contributed by atoms with van der Waals surface area (Å²) in [4.78, 5) is 102. The Kier molecular flexibility index (Phi) is 24.0. The van der Waals surface area contributed by atoms with Gasteiger partial charge < -0.3 is 50.9 Å². The summed E-state index contributed by atoms with van der Waals surface area (Å²) in [5, 5.41) is 26.3. The number of aliphatic hydroxyl groups excluding tert-OH is 2. The molecule has 0 bridgehead atoms. The molecule has 0 saturated carbocycles. The Balaban J connectivity index is 1.36. The van der Waals surface area contributed by atoms with Crippen LogP contribution in [-0.2, 0) is 55.5 Å². The van der Waals surface area contributed by atoms with Crippen molar-refractivity contribution in [2.75, 3.05) is 37.8 Å².